The zero-order chi connectivity index (χ0) is 9.12. The molecule has 0 fully saturated rings. The number of hydrogen-bond donors (Lipinski definition) is 1. The molecule has 0 heterocycles. The Kier molecular flexibility index (Phi) is 3.17. The predicted molar refractivity (Wildman–Crippen MR) is 51.6 cm³/mol. The molecule has 0 aromatic rings. The van der Waals surface area contributed by atoms with Gasteiger partial charge in [0.15, 0.2) is 0 Å². The first-order valence-corrected chi connectivity index (χ1v) is 6.76. The van der Waals surface area contributed by atoms with Gasteiger partial charge in [-0.05, 0) is 18.1 Å². The first-order valence-electron chi connectivity index (χ1n) is 3.86. The second kappa shape index (κ2) is 3.30. The van der Waals surface area contributed by atoms with Gasteiger partial charge < -0.3 is 10.2 Å². The topological polar surface area (TPSA) is 35.2 Å². The largest absolute Gasteiger partial charge is 0.548 e. The Morgan fingerprint density at radius 3 is 2.00 bits per heavy atom. The highest BCUT2D eigenvalue weighted by molar-refractivity contribution is 6.74. The van der Waals surface area contributed by atoms with Gasteiger partial charge >= 0.3 is 0 Å². The Bertz CT molecular complexity index is 147. The molecule has 0 aliphatic heterocycles. The van der Waals surface area contributed by atoms with Crippen molar-refractivity contribution in [2.24, 2.45) is 5.73 Å². The van der Waals surface area contributed by atoms with Crippen LogP contribution in [-0.2, 0) is 4.43 Å². The summed E-state index contributed by atoms with van der Waals surface area (Å²) in [5.41, 5.74) is 5.20. The summed E-state index contributed by atoms with van der Waals surface area (Å²) in [6.07, 6.45) is 3.04. The quantitative estimate of drug-likeness (QED) is 0.514. The molecule has 0 aromatic heterocycles. The van der Waals surface area contributed by atoms with Crippen LogP contribution in [0.3, 0.4) is 0 Å². The van der Waals surface area contributed by atoms with Crippen molar-refractivity contribution in [3.63, 3.8) is 0 Å². The van der Waals surface area contributed by atoms with Crippen LogP contribution in [0.15, 0.2) is 12.5 Å². The second-order valence-corrected chi connectivity index (χ2v) is 8.96. The Hall–Kier alpha value is -0.443. The van der Waals surface area contributed by atoms with E-state index in [1.54, 1.807) is 6.26 Å². The van der Waals surface area contributed by atoms with E-state index >= 15 is 0 Å². The summed E-state index contributed by atoms with van der Waals surface area (Å²) in [6, 6.07) is 0. The SMILES string of the molecule is CC(C)(C)[Si](C)(C)O/C=C/N. The Morgan fingerprint density at radius 1 is 1.27 bits per heavy atom. The van der Waals surface area contributed by atoms with Crippen LogP contribution in [0.1, 0.15) is 20.8 Å². The van der Waals surface area contributed by atoms with E-state index in [0.29, 0.717) is 0 Å². The van der Waals surface area contributed by atoms with Crippen LogP contribution in [0.4, 0.5) is 0 Å². The van der Waals surface area contributed by atoms with E-state index in [2.05, 4.69) is 33.9 Å². The number of hydrogen-bond acceptors (Lipinski definition) is 2. The molecule has 0 rings (SSSR count). The molecule has 0 aliphatic rings. The summed E-state index contributed by atoms with van der Waals surface area (Å²) in [6.45, 7) is 11.0. The maximum atomic E-state index is 5.58. The maximum Gasteiger partial charge on any atom is 0.249 e. The first kappa shape index (κ1) is 10.6. The molecule has 0 aliphatic carbocycles. The van der Waals surface area contributed by atoms with Crippen molar-refractivity contribution in [2.75, 3.05) is 0 Å². The highest BCUT2D eigenvalue weighted by Gasteiger charge is 2.37. The normalized spacial score (nSPS) is 13.9. The van der Waals surface area contributed by atoms with Crippen molar-refractivity contribution in [2.45, 2.75) is 38.9 Å². The van der Waals surface area contributed by atoms with Gasteiger partial charge in [0, 0.05) is 6.20 Å². The minimum absolute atomic E-state index is 0.256. The molecule has 0 bridgehead atoms. The molecule has 0 unspecified atom stereocenters. The van der Waals surface area contributed by atoms with Gasteiger partial charge in [0.1, 0.15) is 0 Å². The summed E-state index contributed by atoms with van der Waals surface area (Å²) >= 11 is 0. The molecular weight excluding hydrogens is 154 g/mol. The lowest BCUT2D eigenvalue weighted by Gasteiger charge is -2.34. The lowest BCUT2D eigenvalue weighted by molar-refractivity contribution is 0.429. The molecule has 0 atom stereocenters. The van der Waals surface area contributed by atoms with E-state index in [1.165, 1.54) is 6.20 Å². The van der Waals surface area contributed by atoms with Crippen molar-refractivity contribution >= 4 is 8.32 Å². The van der Waals surface area contributed by atoms with Crippen LogP contribution < -0.4 is 5.73 Å². The highest BCUT2D eigenvalue weighted by Crippen LogP contribution is 2.36. The van der Waals surface area contributed by atoms with E-state index in [4.69, 9.17) is 10.2 Å². The van der Waals surface area contributed by atoms with Crippen molar-refractivity contribution in [1.29, 1.82) is 0 Å². The molecule has 0 saturated carbocycles. The molecule has 0 spiro atoms. The molecule has 0 aromatic carbocycles. The van der Waals surface area contributed by atoms with E-state index < -0.39 is 8.32 Å². The zero-order valence-electron chi connectivity index (χ0n) is 8.14. The third-order valence-corrected chi connectivity index (χ3v) is 6.59. The van der Waals surface area contributed by atoms with Gasteiger partial charge in [-0.1, -0.05) is 20.8 Å². The standard InChI is InChI=1S/C8H19NOSi/c1-8(2,3)11(4,5)10-7-6-9/h6-7H,9H2,1-5H3/b7-6+. The molecule has 66 valence electrons. The Morgan fingerprint density at radius 2 is 1.73 bits per heavy atom. The molecule has 0 saturated heterocycles. The minimum atomic E-state index is -1.59. The third kappa shape index (κ3) is 2.97. The van der Waals surface area contributed by atoms with E-state index in [-0.39, 0.29) is 5.04 Å². The zero-order valence-corrected chi connectivity index (χ0v) is 9.14. The van der Waals surface area contributed by atoms with Crippen LogP contribution in [0.5, 0.6) is 0 Å². The fourth-order valence-corrected chi connectivity index (χ4v) is 1.16. The summed E-state index contributed by atoms with van der Waals surface area (Å²) in [5.74, 6) is 0. The van der Waals surface area contributed by atoms with Crippen LogP contribution in [0.2, 0.25) is 18.1 Å². The van der Waals surface area contributed by atoms with Crippen LogP contribution in [-0.4, -0.2) is 8.32 Å². The summed E-state index contributed by atoms with van der Waals surface area (Å²) in [7, 11) is -1.59. The molecule has 2 nitrogen and oxygen atoms in total. The van der Waals surface area contributed by atoms with Gasteiger partial charge in [-0.25, -0.2) is 0 Å². The second-order valence-electron chi connectivity index (χ2n) is 4.21. The Labute approximate surface area is 70.6 Å². The summed E-state index contributed by atoms with van der Waals surface area (Å²) < 4.78 is 5.58. The highest BCUT2D eigenvalue weighted by atomic mass is 28.4. The van der Waals surface area contributed by atoms with Crippen molar-refractivity contribution in [3.8, 4) is 0 Å². The molecular formula is C8H19NOSi. The Balaban J connectivity index is 4.22. The van der Waals surface area contributed by atoms with Crippen LogP contribution in [0.25, 0.3) is 0 Å². The average molecular weight is 173 g/mol. The van der Waals surface area contributed by atoms with Crippen molar-refractivity contribution in [3.05, 3.63) is 12.5 Å². The van der Waals surface area contributed by atoms with Crippen LogP contribution >= 0.6 is 0 Å². The van der Waals surface area contributed by atoms with Gasteiger partial charge in [-0.15, -0.1) is 0 Å². The van der Waals surface area contributed by atoms with Crippen molar-refractivity contribution < 1.29 is 4.43 Å². The van der Waals surface area contributed by atoms with Gasteiger partial charge in [0.25, 0.3) is 0 Å². The monoisotopic (exact) mass is 173 g/mol. The molecule has 2 N–H and O–H groups in total. The molecule has 11 heavy (non-hydrogen) atoms. The lowest BCUT2D eigenvalue weighted by Crippen LogP contribution is -2.39. The maximum absolute atomic E-state index is 5.58. The summed E-state index contributed by atoms with van der Waals surface area (Å²) in [5, 5.41) is 0.256. The first-order chi connectivity index (χ1) is 4.81. The smallest absolute Gasteiger partial charge is 0.249 e. The third-order valence-electron chi connectivity index (χ3n) is 2.25. The van der Waals surface area contributed by atoms with Gasteiger partial charge in [-0.2, -0.15) is 0 Å². The molecule has 0 radical (unpaired) electrons. The van der Waals surface area contributed by atoms with Crippen LogP contribution in [0, 0.1) is 0 Å². The minimum Gasteiger partial charge on any atom is -0.548 e. The number of nitrogens with two attached hydrogens (primary N) is 1. The van der Waals surface area contributed by atoms with Gasteiger partial charge in [-0.3, -0.25) is 0 Å². The summed E-state index contributed by atoms with van der Waals surface area (Å²) in [4.78, 5) is 0. The lowest BCUT2D eigenvalue weighted by atomic mass is 10.2. The van der Waals surface area contributed by atoms with E-state index in [1.807, 2.05) is 0 Å². The van der Waals surface area contributed by atoms with Gasteiger partial charge in [0.05, 0.1) is 6.26 Å². The molecule has 0 amide bonds. The fraction of sp³-hybridized carbons (Fsp3) is 0.750. The predicted octanol–water partition coefficient (Wildman–Crippen LogP) is 2.44. The van der Waals surface area contributed by atoms with E-state index in [9.17, 15) is 0 Å². The number of rotatable bonds is 2. The molecule has 3 heteroatoms. The van der Waals surface area contributed by atoms with E-state index in [0.717, 1.165) is 0 Å². The average Bonchev–Trinajstić information content (AvgIpc) is 1.81. The fourth-order valence-electron chi connectivity index (χ4n) is 0.386. The van der Waals surface area contributed by atoms with Crippen molar-refractivity contribution in [1.82, 2.24) is 0 Å². The van der Waals surface area contributed by atoms with Gasteiger partial charge in [0.2, 0.25) is 8.32 Å².